The van der Waals surface area contributed by atoms with Crippen LogP contribution in [0.5, 0.6) is 11.5 Å². The smallest absolute Gasteiger partial charge is 0.122 e. The molecule has 0 saturated heterocycles. The predicted octanol–water partition coefficient (Wildman–Crippen LogP) is 5.07. The number of phenols is 1. The predicted molar refractivity (Wildman–Crippen MR) is 105 cm³/mol. The van der Waals surface area contributed by atoms with E-state index in [1.165, 1.54) is 5.56 Å². The van der Waals surface area contributed by atoms with E-state index in [-0.39, 0.29) is 5.41 Å². The maximum absolute atomic E-state index is 9.78. The van der Waals surface area contributed by atoms with E-state index in [0.29, 0.717) is 12.4 Å². The number of aliphatic hydroxyl groups is 1. The van der Waals surface area contributed by atoms with Gasteiger partial charge in [-0.3, -0.25) is 0 Å². The Bertz CT molecular complexity index is 851. The lowest BCUT2D eigenvalue weighted by Crippen LogP contribution is -2.21. The Morgan fingerprint density at radius 2 is 1.50 bits per heavy atom. The fraction of sp³-hybridized carbons (Fsp3) is 0.391. The molecule has 0 unspecified atom stereocenters. The first kappa shape index (κ1) is 19.7. The molecule has 0 aromatic heterocycles. The van der Waals surface area contributed by atoms with Gasteiger partial charge in [0.1, 0.15) is 24.2 Å². The van der Waals surface area contributed by atoms with Gasteiger partial charge in [0.25, 0.3) is 0 Å². The van der Waals surface area contributed by atoms with Crippen LogP contribution in [0.4, 0.5) is 0 Å². The summed E-state index contributed by atoms with van der Waals surface area (Å²) in [6.45, 7) is 12.5. The second-order valence-electron chi connectivity index (χ2n) is 8.02. The lowest BCUT2D eigenvalue weighted by Gasteiger charge is -2.28. The summed E-state index contributed by atoms with van der Waals surface area (Å²) in [5.41, 5.74) is 3.66. The number of benzene rings is 2. The summed E-state index contributed by atoms with van der Waals surface area (Å²) in [6.07, 6.45) is 1.97. The number of aryl methyl sites for hydroxylation is 2. The molecule has 0 bridgehead atoms. The third-order valence-electron chi connectivity index (χ3n) is 4.80. The molecule has 0 saturated carbocycles. The highest BCUT2D eigenvalue weighted by Crippen LogP contribution is 2.35. The van der Waals surface area contributed by atoms with Gasteiger partial charge in [-0.05, 0) is 62.1 Å². The molecule has 0 radical (unpaired) electrons. The van der Waals surface area contributed by atoms with E-state index in [9.17, 15) is 5.11 Å². The molecule has 3 heteroatoms. The van der Waals surface area contributed by atoms with Crippen molar-refractivity contribution >= 4 is 0 Å². The van der Waals surface area contributed by atoms with E-state index in [4.69, 9.17) is 9.84 Å². The number of phenolic OH excluding ortho intramolecular Hbond substituents is 1. The van der Waals surface area contributed by atoms with Gasteiger partial charge in [0.2, 0.25) is 0 Å². The van der Waals surface area contributed by atoms with E-state index < -0.39 is 5.41 Å². The molecule has 0 aliphatic carbocycles. The Morgan fingerprint density at radius 3 is 2.04 bits per heavy atom. The molecule has 26 heavy (non-hydrogen) atoms. The van der Waals surface area contributed by atoms with Gasteiger partial charge >= 0.3 is 0 Å². The molecular formula is C23H28O3. The number of aromatic hydroxyl groups is 1. The maximum Gasteiger partial charge on any atom is 0.122 e. The average molecular weight is 352 g/mol. The summed E-state index contributed by atoms with van der Waals surface area (Å²) in [5.74, 6) is 3.88. The molecule has 3 nitrogen and oxygen atoms in total. The highest BCUT2D eigenvalue weighted by molar-refractivity contribution is 5.46. The van der Waals surface area contributed by atoms with Gasteiger partial charge in [-0.25, -0.2) is 0 Å². The largest absolute Gasteiger partial charge is 0.508 e. The van der Waals surface area contributed by atoms with Crippen LogP contribution >= 0.6 is 0 Å². The normalized spacial score (nSPS) is 11.6. The summed E-state index contributed by atoms with van der Waals surface area (Å²) in [5, 5.41) is 18.6. The standard InChI is InChI=1S/C23H28O3/c1-16-13-18(7-9-20(16)25)23(5,6)19-8-10-21(17(2)14-19)26-15-22(3,4)11-12-24/h7-10,13-14,24-25H,15H2,1-6H3. The molecule has 0 heterocycles. The van der Waals surface area contributed by atoms with Crippen molar-refractivity contribution in [3.63, 3.8) is 0 Å². The molecule has 0 spiro atoms. The van der Waals surface area contributed by atoms with Crippen molar-refractivity contribution in [3.8, 4) is 23.5 Å². The molecule has 2 aromatic carbocycles. The Hall–Kier alpha value is -2.60. The zero-order valence-electron chi connectivity index (χ0n) is 16.5. The fourth-order valence-electron chi connectivity index (χ4n) is 2.86. The van der Waals surface area contributed by atoms with Gasteiger partial charge in [-0.1, -0.05) is 44.0 Å². The van der Waals surface area contributed by atoms with Crippen molar-refractivity contribution in [1.29, 1.82) is 0 Å². The lowest BCUT2D eigenvalue weighted by molar-refractivity contribution is 0.226. The third kappa shape index (κ3) is 4.32. The van der Waals surface area contributed by atoms with E-state index in [1.54, 1.807) is 6.07 Å². The Balaban J connectivity index is 2.27. The van der Waals surface area contributed by atoms with E-state index >= 15 is 0 Å². The molecule has 0 aliphatic rings. The molecule has 0 amide bonds. The first-order chi connectivity index (χ1) is 12.1. The highest BCUT2D eigenvalue weighted by atomic mass is 16.5. The third-order valence-corrected chi connectivity index (χ3v) is 4.80. The topological polar surface area (TPSA) is 49.7 Å². The zero-order chi connectivity index (χ0) is 19.5. The van der Waals surface area contributed by atoms with Crippen LogP contribution in [0.1, 0.15) is 49.9 Å². The Morgan fingerprint density at radius 1 is 0.923 bits per heavy atom. The lowest BCUT2D eigenvalue weighted by atomic mass is 9.77. The summed E-state index contributed by atoms with van der Waals surface area (Å²) < 4.78 is 5.92. The van der Waals surface area contributed by atoms with E-state index in [2.05, 4.69) is 31.9 Å². The summed E-state index contributed by atoms with van der Waals surface area (Å²) in [6, 6.07) is 12.0. The number of aliphatic hydroxyl groups excluding tert-OH is 1. The van der Waals surface area contributed by atoms with E-state index in [1.807, 2.05) is 52.0 Å². The molecular weight excluding hydrogens is 324 g/mol. The SMILES string of the molecule is Cc1cc(C(C)(C)c2ccc(OCC(C)(C)C#CO)c(C)c2)ccc1O. The van der Waals surface area contributed by atoms with Gasteiger partial charge in [0, 0.05) is 5.41 Å². The van der Waals surface area contributed by atoms with Crippen LogP contribution in [0.15, 0.2) is 36.4 Å². The first-order valence-corrected chi connectivity index (χ1v) is 8.77. The monoisotopic (exact) mass is 352 g/mol. The van der Waals surface area contributed by atoms with Crippen molar-refractivity contribution in [1.82, 2.24) is 0 Å². The number of hydrogen-bond donors (Lipinski definition) is 2. The minimum Gasteiger partial charge on any atom is -0.508 e. The summed E-state index contributed by atoms with van der Waals surface area (Å²) >= 11 is 0. The summed E-state index contributed by atoms with van der Waals surface area (Å²) in [7, 11) is 0. The van der Waals surface area contributed by atoms with Crippen molar-refractivity contribution < 1.29 is 14.9 Å². The van der Waals surface area contributed by atoms with Crippen molar-refractivity contribution in [2.75, 3.05) is 6.61 Å². The molecule has 2 aromatic rings. The second-order valence-corrected chi connectivity index (χ2v) is 8.02. The summed E-state index contributed by atoms with van der Waals surface area (Å²) in [4.78, 5) is 0. The van der Waals surface area contributed by atoms with Gasteiger partial charge in [0.05, 0.1) is 5.41 Å². The van der Waals surface area contributed by atoms with Crippen LogP contribution in [0.2, 0.25) is 0 Å². The number of ether oxygens (including phenoxy) is 1. The van der Waals surface area contributed by atoms with Gasteiger partial charge in [-0.2, -0.15) is 0 Å². The second kappa shape index (κ2) is 7.33. The average Bonchev–Trinajstić information content (AvgIpc) is 2.56. The van der Waals surface area contributed by atoms with Crippen LogP contribution in [0.3, 0.4) is 0 Å². The zero-order valence-corrected chi connectivity index (χ0v) is 16.5. The quantitative estimate of drug-likeness (QED) is 0.738. The minimum atomic E-state index is -0.414. The minimum absolute atomic E-state index is 0.191. The van der Waals surface area contributed by atoms with Crippen LogP contribution < -0.4 is 4.74 Å². The molecule has 138 valence electrons. The van der Waals surface area contributed by atoms with E-state index in [0.717, 1.165) is 22.4 Å². The van der Waals surface area contributed by atoms with Crippen molar-refractivity contribution in [3.05, 3.63) is 58.7 Å². The van der Waals surface area contributed by atoms with Crippen LogP contribution in [-0.4, -0.2) is 16.8 Å². The van der Waals surface area contributed by atoms with Crippen molar-refractivity contribution in [2.24, 2.45) is 5.41 Å². The molecule has 2 N–H and O–H groups in total. The highest BCUT2D eigenvalue weighted by Gasteiger charge is 2.25. The van der Waals surface area contributed by atoms with Crippen molar-refractivity contribution in [2.45, 2.75) is 47.0 Å². The van der Waals surface area contributed by atoms with Crippen LogP contribution in [-0.2, 0) is 5.41 Å². The number of hydrogen-bond acceptors (Lipinski definition) is 3. The van der Waals surface area contributed by atoms with Gasteiger partial charge in [0.15, 0.2) is 0 Å². The molecule has 0 fully saturated rings. The maximum atomic E-state index is 9.78. The van der Waals surface area contributed by atoms with Crippen LogP contribution in [0, 0.1) is 31.3 Å². The Kier molecular flexibility index (Phi) is 5.56. The number of rotatable bonds is 5. The van der Waals surface area contributed by atoms with Gasteiger partial charge < -0.3 is 14.9 Å². The van der Waals surface area contributed by atoms with Gasteiger partial charge in [-0.15, -0.1) is 0 Å². The Labute approximate surface area is 156 Å². The first-order valence-electron chi connectivity index (χ1n) is 8.77. The molecule has 0 aliphatic heterocycles. The fourth-order valence-corrected chi connectivity index (χ4v) is 2.86. The molecule has 0 atom stereocenters. The van der Waals surface area contributed by atoms with Crippen LogP contribution in [0.25, 0.3) is 0 Å². The molecule has 2 rings (SSSR count).